The first-order valence-corrected chi connectivity index (χ1v) is 10.2. The first kappa shape index (κ1) is 20.0. The summed E-state index contributed by atoms with van der Waals surface area (Å²) in [5, 5.41) is 3.56. The number of benzene rings is 3. The molecule has 3 aromatic carbocycles. The van der Waals surface area contributed by atoms with E-state index in [2.05, 4.69) is 17.4 Å². The van der Waals surface area contributed by atoms with Crippen molar-refractivity contribution >= 4 is 17.5 Å². The van der Waals surface area contributed by atoms with Crippen molar-refractivity contribution in [1.29, 1.82) is 0 Å². The van der Waals surface area contributed by atoms with Gasteiger partial charge in [0.15, 0.2) is 5.78 Å². The Balaban J connectivity index is 1.25. The van der Waals surface area contributed by atoms with Gasteiger partial charge in [-0.3, -0.25) is 4.79 Å². The van der Waals surface area contributed by atoms with Crippen molar-refractivity contribution in [3.8, 4) is 0 Å². The summed E-state index contributed by atoms with van der Waals surface area (Å²) in [4.78, 5) is 12.2. The van der Waals surface area contributed by atoms with Gasteiger partial charge < -0.3 is 11.1 Å². The number of nitrogens with two attached hydrogens (primary N) is 1. The molecule has 30 heavy (non-hydrogen) atoms. The Kier molecular flexibility index (Phi) is 6.05. The molecule has 0 spiro atoms. The average molecular weight is 400 g/mol. The molecule has 4 heteroatoms. The number of rotatable bonds is 8. The van der Waals surface area contributed by atoms with Gasteiger partial charge in [-0.1, -0.05) is 60.7 Å². The van der Waals surface area contributed by atoms with Crippen LogP contribution in [-0.4, -0.2) is 11.8 Å². The molecule has 0 aliphatic heterocycles. The lowest BCUT2D eigenvalue weighted by Gasteiger charge is -2.06. The third kappa shape index (κ3) is 5.22. The van der Waals surface area contributed by atoms with Crippen molar-refractivity contribution in [2.24, 2.45) is 0 Å². The highest BCUT2D eigenvalue weighted by molar-refractivity contribution is 5.95. The summed E-state index contributed by atoms with van der Waals surface area (Å²) in [6.07, 6.45) is 4.84. The molecule has 1 saturated carbocycles. The number of nitrogens with one attached hydrogen (secondary N) is 1. The van der Waals surface area contributed by atoms with Gasteiger partial charge in [-0.2, -0.15) is 0 Å². The summed E-state index contributed by atoms with van der Waals surface area (Å²) in [5.41, 5.74) is 10.8. The van der Waals surface area contributed by atoms with Crippen molar-refractivity contribution in [2.75, 3.05) is 5.73 Å². The van der Waals surface area contributed by atoms with Gasteiger partial charge in [0.05, 0.1) is 0 Å². The largest absolute Gasteiger partial charge is 0.398 e. The predicted octanol–water partition coefficient (Wildman–Crippen LogP) is 4.88. The second-order valence-corrected chi connectivity index (χ2v) is 7.80. The fourth-order valence-electron chi connectivity index (χ4n) is 3.63. The average Bonchev–Trinajstić information content (AvgIpc) is 3.53. The van der Waals surface area contributed by atoms with Crippen LogP contribution in [0.25, 0.3) is 6.08 Å². The maximum absolute atomic E-state index is 13.0. The highest BCUT2D eigenvalue weighted by atomic mass is 19.1. The molecule has 4 rings (SSSR count). The summed E-state index contributed by atoms with van der Waals surface area (Å²) in [6.45, 7) is 0.790. The number of halogens is 1. The molecule has 0 saturated heterocycles. The molecule has 3 N–H and O–H groups in total. The van der Waals surface area contributed by atoms with E-state index in [1.54, 1.807) is 6.08 Å². The highest BCUT2D eigenvalue weighted by Crippen LogP contribution is 2.40. The quantitative estimate of drug-likeness (QED) is 0.419. The Hall–Kier alpha value is -3.24. The molecule has 152 valence electrons. The zero-order valence-corrected chi connectivity index (χ0v) is 16.7. The molecular weight excluding hydrogens is 375 g/mol. The van der Waals surface area contributed by atoms with Crippen molar-refractivity contribution in [3.05, 3.63) is 107 Å². The van der Waals surface area contributed by atoms with Crippen LogP contribution >= 0.6 is 0 Å². The fourth-order valence-corrected chi connectivity index (χ4v) is 3.63. The van der Waals surface area contributed by atoms with Gasteiger partial charge >= 0.3 is 0 Å². The molecule has 0 heterocycles. The summed E-state index contributed by atoms with van der Waals surface area (Å²) < 4.78 is 13.0. The molecule has 1 aliphatic carbocycles. The maximum atomic E-state index is 13.0. The molecule has 2 atom stereocenters. The lowest BCUT2D eigenvalue weighted by molar-refractivity contribution is -0.113. The molecule has 3 aromatic rings. The van der Waals surface area contributed by atoms with Gasteiger partial charge in [-0.25, -0.2) is 4.39 Å². The van der Waals surface area contributed by atoms with Gasteiger partial charge in [0.1, 0.15) is 5.82 Å². The van der Waals surface area contributed by atoms with E-state index < -0.39 is 0 Å². The van der Waals surface area contributed by atoms with Crippen LogP contribution in [-0.2, 0) is 17.8 Å². The number of ketones is 1. The van der Waals surface area contributed by atoms with Gasteiger partial charge in [0.25, 0.3) is 0 Å². The number of carbonyl (C=O) groups excluding carboxylic acids is 1. The monoisotopic (exact) mass is 400 g/mol. The van der Waals surface area contributed by atoms with E-state index >= 15 is 0 Å². The summed E-state index contributed by atoms with van der Waals surface area (Å²) in [5.74, 6) is 0.306. The third-order valence-electron chi connectivity index (χ3n) is 5.52. The van der Waals surface area contributed by atoms with Crippen molar-refractivity contribution < 1.29 is 9.18 Å². The molecule has 0 amide bonds. The normalized spacial score (nSPS) is 17.9. The molecule has 2 unspecified atom stereocenters. The molecular formula is C26H25FN2O. The number of hydrogen-bond acceptors (Lipinski definition) is 3. The van der Waals surface area contributed by atoms with Crippen LogP contribution in [0.4, 0.5) is 10.1 Å². The zero-order chi connectivity index (χ0) is 20.9. The van der Waals surface area contributed by atoms with E-state index in [1.807, 2.05) is 54.6 Å². The van der Waals surface area contributed by atoms with E-state index in [9.17, 15) is 9.18 Å². The summed E-state index contributed by atoms with van der Waals surface area (Å²) >= 11 is 0. The topological polar surface area (TPSA) is 55.1 Å². The van der Waals surface area contributed by atoms with E-state index in [0.717, 1.165) is 24.1 Å². The van der Waals surface area contributed by atoms with E-state index in [4.69, 9.17) is 5.73 Å². The van der Waals surface area contributed by atoms with Crippen LogP contribution in [0.2, 0.25) is 0 Å². The predicted molar refractivity (Wildman–Crippen MR) is 119 cm³/mol. The minimum Gasteiger partial charge on any atom is -0.398 e. The number of hydrogen-bond donors (Lipinski definition) is 2. The fraction of sp³-hybridized carbons (Fsp3) is 0.192. The zero-order valence-electron chi connectivity index (χ0n) is 16.7. The SMILES string of the molecule is Nc1ccccc1CC(=O)/C=C/c1ccc(CNC2CC2c2ccc(F)cc2)cc1. The molecule has 1 aliphatic rings. The van der Waals surface area contributed by atoms with E-state index in [-0.39, 0.29) is 11.6 Å². The van der Waals surface area contributed by atoms with Crippen molar-refractivity contribution in [1.82, 2.24) is 5.32 Å². The van der Waals surface area contributed by atoms with Crippen LogP contribution in [0.5, 0.6) is 0 Å². The van der Waals surface area contributed by atoms with Crippen LogP contribution in [0.1, 0.15) is 34.6 Å². The Morgan fingerprint density at radius 3 is 2.50 bits per heavy atom. The van der Waals surface area contributed by atoms with Gasteiger partial charge in [0.2, 0.25) is 0 Å². The van der Waals surface area contributed by atoms with Gasteiger partial charge in [-0.15, -0.1) is 0 Å². The Morgan fingerprint density at radius 1 is 1.03 bits per heavy atom. The lowest BCUT2D eigenvalue weighted by Crippen LogP contribution is -2.17. The van der Waals surface area contributed by atoms with E-state index in [1.165, 1.54) is 23.3 Å². The Morgan fingerprint density at radius 2 is 1.77 bits per heavy atom. The third-order valence-corrected chi connectivity index (χ3v) is 5.52. The number of para-hydroxylation sites is 1. The Bertz CT molecular complexity index is 1040. The van der Waals surface area contributed by atoms with Crippen molar-refractivity contribution in [2.45, 2.75) is 31.3 Å². The number of allylic oxidation sites excluding steroid dienone is 1. The number of anilines is 1. The second-order valence-electron chi connectivity index (χ2n) is 7.80. The smallest absolute Gasteiger partial charge is 0.160 e. The summed E-state index contributed by atoms with van der Waals surface area (Å²) in [6, 6.07) is 22.8. The molecule has 0 radical (unpaired) electrons. The first-order chi connectivity index (χ1) is 14.6. The number of nitrogen functional groups attached to an aromatic ring is 1. The standard InChI is InChI=1S/C26H25FN2O/c27-22-12-10-20(11-13-22)24-16-26(24)29-17-19-7-5-18(6-8-19)9-14-23(30)15-21-3-1-2-4-25(21)28/h1-14,24,26,29H,15-17,28H2/b14-9+. The van der Waals surface area contributed by atoms with Gasteiger partial charge in [0, 0.05) is 30.6 Å². The van der Waals surface area contributed by atoms with Crippen LogP contribution in [0.15, 0.2) is 78.9 Å². The Labute approximate surface area is 176 Å². The molecule has 0 aromatic heterocycles. The highest BCUT2D eigenvalue weighted by Gasteiger charge is 2.37. The summed E-state index contributed by atoms with van der Waals surface area (Å²) in [7, 11) is 0. The minimum atomic E-state index is -0.191. The van der Waals surface area contributed by atoms with Crippen LogP contribution in [0.3, 0.4) is 0 Å². The molecule has 0 bridgehead atoms. The second kappa shape index (κ2) is 9.06. The first-order valence-electron chi connectivity index (χ1n) is 10.2. The maximum Gasteiger partial charge on any atom is 0.160 e. The molecule has 3 nitrogen and oxygen atoms in total. The van der Waals surface area contributed by atoms with Crippen LogP contribution in [0, 0.1) is 5.82 Å². The minimum absolute atomic E-state index is 0.0270. The number of carbonyl (C=O) groups is 1. The van der Waals surface area contributed by atoms with Crippen LogP contribution < -0.4 is 11.1 Å². The van der Waals surface area contributed by atoms with Gasteiger partial charge in [-0.05, 0) is 52.9 Å². The van der Waals surface area contributed by atoms with Crippen molar-refractivity contribution in [3.63, 3.8) is 0 Å². The van der Waals surface area contributed by atoms with E-state index in [0.29, 0.717) is 24.1 Å². The lowest BCUT2D eigenvalue weighted by atomic mass is 10.1. The molecule has 1 fully saturated rings.